The fourth-order valence-electron chi connectivity index (χ4n) is 4.83. The van der Waals surface area contributed by atoms with E-state index in [1.807, 2.05) is 29.0 Å². The van der Waals surface area contributed by atoms with E-state index in [4.69, 9.17) is 4.74 Å². The molecule has 0 spiro atoms. The van der Waals surface area contributed by atoms with Crippen molar-refractivity contribution in [2.24, 2.45) is 5.92 Å². The molecule has 1 atom stereocenters. The fourth-order valence-corrected chi connectivity index (χ4v) is 5.45. The number of hydrogen-bond donors (Lipinski definition) is 1. The van der Waals surface area contributed by atoms with Gasteiger partial charge in [-0.2, -0.15) is 0 Å². The Balaban J connectivity index is 1.41. The smallest absolute Gasteiger partial charge is 0.294 e. The molecule has 2 aliphatic carbocycles. The Morgan fingerprint density at radius 1 is 1.16 bits per heavy atom. The monoisotopic (exact) mass is 530 g/mol. The molecule has 11 heteroatoms. The summed E-state index contributed by atoms with van der Waals surface area (Å²) in [4.78, 5) is 32.9. The second kappa shape index (κ2) is 10.3. The van der Waals surface area contributed by atoms with Crippen LogP contribution in [0.1, 0.15) is 62.9 Å². The standard InChI is InChI=1S/C27H30N8O2S/c1-4-38-19-10-9-18(28-13-19)12-29-25-27(36)35(15(2)16-5-6-16)21-11-20(33-34-24(21)32-25)22-23(17-7-8-17)30-14-31-26(22)37-3/h9-11,13-17H,4-8,12H2,1-3H3,(H,29,32,34). The highest BCUT2D eigenvalue weighted by molar-refractivity contribution is 7.99. The van der Waals surface area contributed by atoms with E-state index in [0.717, 1.165) is 53.3 Å². The maximum absolute atomic E-state index is 13.8. The second-order valence-electron chi connectivity index (χ2n) is 9.84. The van der Waals surface area contributed by atoms with E-state index in [9.17, 15) is 4.79 Å². The van der Waals surface area contributed by atoms with Gasteiger partial charge >= 0.3 is 0 Å². The van der Waals surface area contributed by atoms with Gasteiger partial charge in [-0.1, -0.05) is 6.92 Å². The molecule has 1 unspecified atom stereocenters. The summed E-state index contributed by atoms with van der Waals surface area (Å²) in [6.45, 7) is 4.59. The molecule has 38 heavy (non-hydrogen) atoms. The van der Waals surface area contributed by atoms with E-state index in [2.05, 4.69) is 49.3 Å². The largest absolute Gasteiger partial charge is 0.480 e. The summed E-state index contributed by atoms with van der Waals surface area (Å²) >= 11 is 1.74. The van der Waals surface area contributed by atoms with Gasteiger partial charge in [0.05, 0.1) is 36.1 Å². The van der Waals surface area contributed by atoms with Crippen LogP contribution in [0, 0.1) is 5.92 Å². The lowest BCUT2D eigenvalue weighted by atomic mass is 10.1. The molecule has 4 aromatic heterocycles. The van der Waals surface area contributed by atoms with Gasteiger partial charge in [-0.05, 0) is 62.5 Å². The molecule has 0 aliphatic heterocycles. The normalized spacial score (nSPS) is 16.0. The summed E-state index contributed by atoms with van der Waals surface area (Å²) in [5.74, 6) is 2.51. The number of anilines is 1. The van der Waals surface area contributed by atoms with E-state index < -0.39 is 0 Å². The SMILES string of the molecule is CCSc1ccc(CNc2nc3nnc(-c4c(OC)ncnc4C4CC4)cc3n(C(C)C3CC3)c2=O)nc1. The first kappa shape index (κ1) is 24.7. The highest BCUT2D eigenvalue weighted by Gasteiger charge is 2.33. The lowest BCUT2D eigenvalue weighted by Crippen LogP contribution is -2.29. The van der Waals surface area contributed by atoms with Crippen molar-refractivity contribution in [2.45, 2.75) is 62.9 Å². The molecular weight excluding hydrogens is 500 g/mol. The number of methoxy groups -OCH3 is 1. The average Bonchev–Trinajstić information content (AvgIpc) is 3.85. The van der Waals surface area contributed by atoms with Gasteiger partial charge in [-0.25, -0.2) is 15.0 Å². The van der Waals surface area contributed by atoms with Gasteiger partial charge < -0.3 is 10.1 Å². The number of aromatic nitrogens is 7. The van der Waals surface area contributed by atoms with Crippen molar-refractivity contribution in [3.63, 3.8) is 0 Å². The van der Waals surface area contributed by atoms with Crippen LogP contribution in [0.25, 0.3) is 22.4 Å². The minimum Gasteiger partial charge on any atom is -0.480 e. The summed E-state index contributed by atoms with van der Waals surface area (Å²) in [6.07, 6.45) is 7.73. The van der Waals surface area contributed by atoms with Crippen molar-refractivity contribution in [1.82, 2.24) is 34.7 Å². The number of ether oxygens (including phenoxy) is 1. The van der Waals surface area contributed by atoms with E-state index in [-0.39, 0.29) is 17.4 Å². The van der Waals surface area contributed by atoms with Crippen molar-refractivity contribution >= 4 is 28.7 Å². The Morgan fingerprint density at radius 3 is 2.68 bits per heavy atom. The number of thioether (sulfide) groups is 1. The Labute approximate surface area is 224 Å². The zero-order valence-electron chi connectivity index (χ0n) is 21.7. The van der Waals surface area contributed by atoms with E-state index in [1.54, 1.807) is 18.9 Å². The lowest BCUT2D eigenvalue weighted by molar-refractivity contribution is 0.397. The summed E-state index contributed by atoms with van der Waals surface area (Å²) < 4.78 is 7.40. The molecule has 2 fully saturated rings. The molecule has 0 amide bonds. The molecule has 2 saturated carbocycles. The third-order valence-electron chi connectivity index (χ3n) is 7.17. The van der Waals surface area contributed by atoms with Gasteiger partial charge in [0.2, 0.25) is 11.5 Å². The Hall–Kier alpha value is -3.60. The highest BCUT2D eigenvalue weighted by Crippen LogP contribution is 2.45. The first-order valence-corrected chi connectivity index (χ1v) is 14.1. The number of fused-ring (bicyclic) bond motifs is 1. The first-order valence-electron chi connectivity index (χ1n) is 13.1. The fraction of sp³-hybridized carbons (Fsp3) is 0.444. The van der Waals surface area contributed by atoms with Crippen LogP contribution >= 0.6 is 11.8 Å². The Bertz CT molecular complexity index is 1530. The molecule has 4 heterocycles. The minimum absolute atomic E-state index is 0.00546. The van der Waals surface area contributed by atoms with Crippen molar-refractivity contribution < 1.29 is 4.74 Å². The number of rotatable bonds is 10. The lowest BCUT2D eigenvalue weighted by Gasteiger charge is -2.19. The number of hydrogen-bond acceptors (Lipinski definition) is 10. The summed E-state index contributed by atoms with van der Waals surface area (Å²) in [5.41, 5.74) is 3.96. The van der Waals surface area contributed by atoms with Gasteiger partial charge in [-0.3, -0.25) is 14.3 Å². The quantitative estimate of drug-likeness (QED) is 0.291. The maximum Gasteiger partial charge on any atom is 0.294 e. The third kappa shape index (κ3) is 4.82. The molecule has 4 aromatic rings. The van der Waals surface area contributed by atoms with Crippen molar-refractivity contribution in [1.29, 1.82) is 0 Å². The van der Waals surface area contributed by atoms with E-state index >= 15 is 0 Å². The molecule has 0 saturated heterocycles. The molecule has 0 aromatic carbocycles. The van der Waals surface area contributed by atoms with Gasteiger partial charge in [0.15, 0.2) is 5.82 Å². The number of nitrogens with zero attached hydrogens (tertiary/aromatic N) is 7. The topological polar surface area (TPSA) is 121 Å². The van der Waals surface area contributed by atoms with Crippen molar-refractivity contribution in [3.8, 4) is 17.1 Å². The van der Waals surface area contributed by atoms with Crippen LogP contribution in [0.3, 0.4) is 0 Å². The predicted molar refractivity (Wildman–Crippen MR) is 147 cm³/mol. The third-order valence-corrected chi connectivity index (χ3v) is 8.03. The van der Waals surface area contributed by atoms with Gasteiger partial charge in [0.25, 0.3) is 5.56 Å². The Kier molecular flexibility index (Phi) is 6.69. The number of pyridine rings is 1. The molecule has 0 bridgehead atoms. The van der Waals surface area contributed by atoms with Crippen LogP contribution < -0.4 is 15.6 Å². The zero-order chi connectivity index (χ0) is 26.2. The molecule has 0 radical (unpaired) electrons. The van der Waals surface area contributed by atoms with Crippen molar-refractivity contribution in [3.05, 3.63) is 52.5 Å². The van der Waals surface area contributed by atoms with Crippen LogP contribution in [0.4, 0.5) is 5.82 Å². The molecule has 2 aliphatic rings. The molecule has 196 valence electrons. The van der Waals surface area contributed by atoms with Gasteiger partial charge in [0, 0.05) is 23.1 Å². The van der Waals surface area contributed by atoms with Gasteiger partial charge in [-0.15, -0.1) is 22.0 Å². The molecule has 6 rings (SSSR count). The molecule has 1 N–H and O–H groups in total. The molecular formula is C27H30N8O2S. The van der Waals surface area contributed by atoms with E-state index in [0.29, 0.717) is 41.1 Å². The van der Waals surface area contributed by atoms with E-state index in [1.165, 1.54) is 6.33 Å². The summed E-state index contributed by atoms with van der Waals surface area (Å²) in [7, 11) is 1.59. The first-order chi connectivity index (χ1) is 18.6. The predicted octanol–water partition coefficient (Wildman–Crippen LogP) is 4.62. The molecule has 10 nitrogen and oxygen atoms in total. The summed E-state index contributed by atoms with van der Waals surface area (Å²) in [6, 6.07) is 5.91. The average molecular weight is 531 g/mol. The Morgan fingerprint density at radius 2 is 2.00 bits per heavy atom. The van der Waals surface area contributed by atoms with Crippen LogP contribution in [0.15, 0.2) is 40.4 Å². The minimum atomic E-state index is -0.173. The maximum atomic E-state index is 13.8. The highest BCUT2D eigenvalue weighted by atomic mass is 32.2. The van der Waals surface area contributed by atoms with Crippen LogP contribution in [0.2, 0.25) is 0 Å². The summed E-state index contributed by atoms with van der Waals surface area (Å²) in [5, 5.41) is 12.2. The van der Waals surface area contributed by atoms with Crippen LogP contribution in [-0.4, -0.2) is 47.6 Å². The van der Waals surface area contributed by atoms with Crippen molar-refractivity contribution in [2.75, 3.05) is 18.2 Å². The van der Waals surface area contributed by atoms with Crippen LogP contribution in [0.5, 0.6) is 5.88 Å². The second-order valence-corrected chi connectivity index (χ2v) is 11.2. The zero-order valence-corrected chi connectivity index (χ0v) is 22.5. The number of nitrogens with one attached hydrogen (secondary N) is 1. The van der Waals surface area contributed by atoms with Gasteiger partial charge in [0.1, 0.15) is 12.0 Å². The van der Waals surface area contributed by atoms with Crippen LogP contribution in [-0.2, 0) is 6.54 Å².